The van der Waals surface area contributed by atoms with Gasteiger partial charge in [-0.2, -0.15) is 0 Å². The zero-order valence-corrected chi connectivity index (χ0v) is 9.51. The molecule has 0 rings (SSSR count). The predicted octanol–water partition coefficient (Wildman–Crippen LogP) is 2.17. The van der Waals surface area contributed by atoms with E-state index in [1.807, 2.05) is 0 Å². The number of hydrogen-bond donors (Lipinski definition) is 2. The Bertz CT molecular complexity index is 115. The Balaban J connectivity index is 3.43. The maximum atomic E-state index is 8.73. The molecule has 0 radical (unpaired) electrons. The fourth-order valence-electron chi connectivity index (χ4n) is 1.43. The van der Waals surface area contributed by atoms with Gasteiger partial charge >= 0.3 is 0 Å². The van der Waals surface area contributed by atoms with Crippen molar-refractivity contribution in [2.24, 2.45) is 5.92 Å². The number of rotatable bonds is 7. The van der Waals surface area contributed by atoms with Crippen LogP contribution in [0.4, 0.5) is 0 Å². The van der Waals surface area contributed by atoms with Crippen LogP contribution in [0.15, 0.2) is 0 Å². The molecule has 2 N–H and O–H groups in total. The highest BCUT2D eigenvalue weighted by molar-refractivity contribution is 4.67. The third-order valence-corrected chi connectivity index (χ3v) is 2.31. The Morgan fingerprint density at radius 2 is 1.46 bits per heavy atom. The Morgan fingerprint density at radius 1 is 0.923 bits per heavy atom. The number of nitrogens with one attached hydrogen (secondary N) is 1. The van der Waals surface area contributed by atoms with Crippen LogP contribution in [0.1, 0.15) is 47.0 Å². The van der Waals surface area contributed by atoms with E-state index in [-0.39, 0.29) is 6.61 Å². The molecule has 0 aromatic heterocycles. The lowest BCUT2D eigenvalue weighted by Crippen LogP contribution is -2.35. The van der Waals surface area contributed by atoms with Crippen molar-refractivity contribution in [2.75, 3.05) is 6.61 Å². The summed E-state index contributed by atoms with van der Waals surface area (Å²) in [6.45, 7) is 9.14. The first-order chi connectivity index (χ1) is 6.06. The van der Waals surface area contributed by atoms with Crippen molar-refractivity contribution in [1.29, 1.82) is 0 Å². The van der Waals surface area contributed by atoms with Crippen molar-refractivity contribution in [1.82, 2.24) is 5.32 Å². The highest BCUT2D eigenvalue weighted by Crippen LogP contribution is 2.07. The topological polar surface area (TPSA) is 32.3 Å². The Morgan fingerprint density at radius 3 is 1.92 bits per heavy atom. The second-order valence-corrected chi connectivity index (χ2v) is 4.45. The summed E-state index contributed by atoms with van der Waals surface area (Å²) < 4.78 is 0. The van der Waals surface area contributed by atoms with Gasteiger partial charge in [-0.3, -0.25) is 0 Å². The second kappa shape index (κ2) is 7.34. The van der Waals surface area contributed by atoms with Gasteiger partial charge in [0.2, 0.25) is 0 Å². The largest absolute Gasteiger partial charge is 0.396 e. The molecule has 0 aromatic rings. The Hall–Kier alpha value is -0.0800. The summed E-state index contributed by atoms with van der Waals surface area (Å²) in [4.78, 5) is 0. The molecule has 0 aliphatic rings. The zero-order chi connectivity index (χ0) is 10.3. The molecule has 0 amide bonds. The van der Waals surface area contributed by atoms with Crippen molar-refractivity contribution < 1.29 is 5.11 Å². The molecule has 2 atom stereocenters. The lowest BCUT2D eigenvalue weighted by Gasteiger charge is -2.19. The second-order valence-electron chi connectivity index (χ2n) is 4.45. The summed E-state index contributed by atoms with van der Waals surface area (Å²) in [5, 5.41) is 12.2. The first-order valence-corrected chi connectivity index (χ1v) is 5.43. The van der Waals surface area contributed by atoms with Gasteiger partial charge in [0.25, 0.3) is 0 Å². The lowest BCUT2D eigenvalue weighted by molar-refractivity contribution is 0.262. The Labute approximate surface area is 82.7 Å². The average molecular weight is 187 g/mol. The highest BCUT2D eigenvalue weighted by atomic mass is 16.3. The van der Waals surface area contributed by atoms with Gasteiger partial charge in [-0.05, 0) is 39.0 Å². The van der Waals surface area contributed by atoms with Gasteiger partial charge in [-0.25, -0.2) is 0 Å². The van der Waals surface area contributed by atoms with Gasteiger partial charge in [0.15, 0.2) is 0 Å². The molecule has 0 fully saturated rings. The molecule has 0 spiro atoms. The summed E-state index contributed by atoms with van der Waals surface area (Å²) in [6, 6.07) is 1.01. The van der Waals surface area contributed by atoms with Crippen molar-refractivity contribution in [2.45, 2.75) is 59.0 Å². The van der Waals surface area contributed by atoms with Gasteiger partial charge < -0.3 is 10.4 Å². The smallest absolute Gasteiger partial charge is 0.0445 e. The van der Waals surface area contributed by atoms with Crippen LogP contribution in [0.5, 0.6) is 0 Å². The van der Waals surface area contributed by atoms with Gasteiger partial charge in [-0.15, -0.1) is 0 Å². The first kappa shape index (κ1) is 12.9. The van der Waals surface area contributed by atoms with Crippen LogP contribution in [0, 0.1) is 5.92 Å². The van der Waals surface area contributed by atoms with E-state index in [0.29, 0.717) is 12.1 Å². The highest BCUT2D eigenvalue weighted by Gasteiger charge is 2.07. The molecule has 0 saturated carbocycles. The number of hydrogen-bond acceptors (Lipinski definition) is 2. The van der Waals surface area contributed by atoms with E-state index in [1.54, 1.807) is 0 Å². The molecule has 0 heterocycles. The number of aliphatic hydroxyl groups is 1. The van der Waals surface area contributed by atoms with E-state index in [1.165, 1.54) is 12.8 Å². The molecule has 0 aromatic carbocycles. The van der Waals surface area contributed by atoms with Crippen LogP contribution >= 0.6 is 0 Å². The van der Waals surface area contributed by atoms with Crippen LogP contribution in [0.25, 0.3) is 0 Å². The summed E-state index contributed by atoms with van der Waals surface area (Å²) in [5.74, 6) is 0.789. The summed E-state index contributed by atoms with van der Waals surface area (Å²) in [5.41, 5.74) is 0. The van der Waals surface area contributed by atoms with Crippen molar-refractivity contribution in [3.8, 4) is 0 Å². The van der Waals surface area contributed by atoms with E-state index in [0.717, 1.165) is 12.3 Å². The van der Waals surface area contributed by atoms with Gasteiger partial charge in [-0.1, -0.05) is 13.8 Å². The molecule has 2 heteroatoms. The molecular weight excluding hydrogens is 162 g/mol. The van der Waals surface area contributed by atoms with Crippen LogP contribution in [0.2, 0.25) is 0 Å². The van der Waals surface area contributed by atoms with Gasteiger partial charge in [0, 0.05) is 18.7 Å². The molecule has 80 valence electrons. The minimum Gasteiger partial charge on any atom is -0.396 e. The third-order valence-electron chi connectivity index (χ3n) is 2.31. The quantitative estimate of drug-likeness (QED) is 0.640. The van der Waals surface area contributed by atoms with E-state index in [9.17, 15) is 0 Å². The molecule has 2 nitrogen and oxygen atoms in total. The van der Waals surface area contributed by atoms with E-state index < -0.39 is 0 Å². The van der Waals surface area contributed by atoms with E-state index in [4.69, 9.17) is 5.11 Å². The minimum absolute atomic E-state index is 0.283. The lowest BCUT2D eigenvalue weighted by atomic mass is 10.0. The maximum absolute atomic E-state index is 8.73. The number of aliphatic hydroxyl groups excluding tert-OH is 1. The van der Waals surface area contributed by atoms with Crippen molar-refractivity contribution in [3.63, 3.8) is 0 Å². The van der Waals surface area contributed by atoms with E-state index >= 15 is 0 Å². The fourth-order valence-corrected chi connectivity index (χ4v) is 1.43. The molecule has 0 bridgehead atoms. The van der Waals surface area contributed by atoms with Gasteiger partial charge in [0.05, 0.1) is 0 Å². The summed E-state index contributed by atoms with van der Waals surface area (Å²) >= 11 is 0. The first-order valence-electron chi connectivity index (χ1n) is 5.43. The van der Waals surface area contributed by atoms with Crippen LogP contribution < -0.4 is 5.32 Å². The maximum Gasteiger partial charge on any atom is 0.0445 e. The summed E-state index contributed by atoms with van der Waals surface area (Å²) in [6.07, 6.45) is 3.36. The monoisotopic (exact) mass is 187 g/mol. The molecular formula is C11H25NO. The van der Waals surface area contributed by atoms with Crippen molar-refractivity contribution >= 4 is 0 Å². The average Bonchev–Trinajstić information content (AvgIpc) is 2.01. The van der Waals surface area contributed by atoms with E-state index in [2.05, 4.69) is 33.0 Å². The fraction of sp³-hybridized carbons (Fsp3) is 1.00. The third kappa shape index (κ3) is 8.26. The minimum atomic E-state index is 0.283. The van der Waals surface area contributed by atoms with Crippen molar-refractivity contribution in [3.05, 3.63) is 0 Å². The van der Waals surface area contributed by atoms with Crippen LogP contribution in [-0.4, -0.2) is 23.8 Å². The Kier molecular flexibility index (Phi) is 7.29. The van der Waals surface area contributed by atoms with Crippen LogP contribution in [-0.2, 0) is 0 Å². The van der Waals surface area contributed by atoms with Gasteiger partial charge in [0.1, 0.15) is 0 Å². The SMILES string of the molecule is CC(C)CCC(C)N[C@H](C)CCO. The molecule has 1 unspecified atom stereocenters. The molecule has 0 aliphatic carbocycles. The predicted molar refractivity (Wildman–Crippen MR) is 57.8 cm³/mol. The zero-order valence-electron chi connectivity index (χ0n) is 9.51. The van der Waals surface area contributed by atoms with Crippen LogP contribution in [0.3, 0.4) is 0 Å². The standard InChI is InChI=1S/C11H25NO/c1-9(2)5-6-10(3)12-11(4)7-8-13/h9-13H,5-8H2,1-4H3/t10?,11-/m1/s1. The summed E-state index contributed by atoms with van der Waals surface area (Å²) in [7, 11) is 0. The normalized spacial score (nSPS) is 16.2. The molecule has 13 heavy (non-hydrogen) atoms. The molecule has 0 aliphatic heterocycles. The molecule has 0 saturated heterocycles.